The zero-order chi connectivity index (χ0) is 20.3. The van der Waals surface area contributed by atoms with Crippen molar-refractivity contribution in [2.24, 2.45) is 0 Å². The van der Waals surface area contributed by atoms with Gasteiger partial charge in [0.25, 0.3) is 5.91 Å². The van der Waals surface area contributed by atoms with Gasteiger partial charge in [0, 0.05) is 42.2 Å². The molecular weight excluding hydrogens is 374 g/mol. The number of anilines is 4. The second kappa shape index (κ2) is 8.27. The zero-order valence-corrected chi connectivity index (χ0v) is 17.0. The molecule has 1 heterocycles. The van der Waals surface area contributed by atoms with Crippen molar-refractivity contribution in [2.75, 3.05) is 29.6 Å². The number of rotatable bonds is 5. The summed E-state index contributed by atoms with van der Waals surface area (Å²) >= 11 is 6.12. The molecule has 0 aliphatic heterocycles. The second-order valence-corrected chi connectivity index (χ2v) is 7.08. The highest BCUT2D eigenvalue weighted by Gasteiger charge is 2.12. The van der Waals surface area contributed by atoms with E-state index in [0.29, 0.717) is 22.4 Å². The maximum absolute atomic E-state index is 12.6. The molecule has 0 spiro atoms. The average Bonchev–Trinajstić information content (AvgIpc) is 2.64. The number of carbonyl (C=O) groups excluding carboxylic acids is 1. The molecule has 1 amide bonds. The fourth-order valence-electron chi connectivity index (χ4n) is 2.60. The Morgan fingerprint density at radius 1 is 0.964 bits per heavy atom. The minimum Gasteiger partial charge on any atom is -0.378 e. The SMILES string of the molecule is Cc1nc(Nc2ccc(N(C)C)cc2)cc(C(=O)Nc2ccc(C)c(Cl)c2)n1. The van der Waals surface area contributed by atoms with Gasteiger partial charge in [-0.25, -0.2) is 9.97 Å². The molecule has 0 saturated carbocycles. The quantitative estimate of drug-likeness (QED) is 0.648. The molecule has 144 valence electrons. The van der Waals surface area contributed by atoms with Crippen LogP contribution in [0.5, 0.6) is 0 Å². The van der Waals surface area contributed by atoms with Gasteiger partial charge in [-0.05, 0) is 55.8 Å². The van der Waals surface area contributed by atoms with E-state index in [9.17, 15) is 4.79 Å². The van der Waals surface area contributed by atoms with Gasteiger partial charge in [-0.2, -0.15) is 0 Å². The molecule has 28 heavy (non-hydrogen) atoms. The molecule has 6 nitrogen and oxygen atoms in total. The van der Waals surface area contributed by atoms with Crippen molar-refractivity contribution in [3.05, 3.63) is 70.6 Å². The molecule has 3 aromatic rings. The predicted molar refractivity (Wildman–Crippen MR) is 115 cm³/mol. The highest BCUT2D eigenvalue weighted by atomic mass is 35.5. The summed E-state index contributed by atoms with van der Waals surface area (Å²) in [7, 11) is 3.98. The lowest BCUT2D eigenvalue weighted by molar-refractivity contribution is 0.102. The number of hydrogen-bond donors (Lipinski definition) is 2. The summed E-state index contributed by atoms with van der Waals surface area (Å²) in [4.78, 5) is 23.2. The van der Waals surface area contributed by atoms with Crippen LogP contribution in [0.15, 0.2) is 48.5 Å². The molecule has 3 rings (SSSR count). The van der Waals surface area contributed by atoms with Gasteiger partial charge < -0.3 is 15.5 Å². The third-order valence-corrected chi connectivity index (χ3v) is 4.56. The lowest BCUT2D eigenvalue weighted by Gasteiger charge is -2.13. The number of amides is 1. The molecule has 0 bridgehead atoms. The summed E-state index contributed by atoms with van der Waals surface area (Å²) in [5.74, 6) is 0.732. The first-order valence-corrected chi connectivity index (χ1v) is 9.17. The molecule has 0 saturated heterocycles. The van der Waals surface area contributed by atoms with Crippen molar-refractivity contribution in [2.45, 2.75) is 13.8 Å². The van der Waals surface area contributed by atoms with E-state index in [1.54, 1.807) is 25.1 Å². The summed E-state index contributed by atoms with van der Waals surface area (Å²) in [6, 6.07) is 14.9. The van der Waals surface area contributed by atoms with E-state index in [2.05, 4.69) is 20.6 Å². The van der Waals surface area contributed by atoms with Gasteiger partial charge in [0.2, 0.25) is 0 Å². The van der Waals surface area contributed by atoms with E-state index in [4.69, 9.17) is 11.6 Å². The molecular formula is C21H22ClN5O. The van der Waals surface area contributed by atoms with Gasteiger partial charge in [-0.3, -0.25) is 4.79 Å². The number of halogens is 1. The fourth-order valence-corrected chi connectivity index (χ4v) is 2.79. The van der Waals surface area contributed by atoms with Crippen LogP contribution in [0.1, 0.15) is 21.9 Å². The summed E-state index contributed by atoms with van der Waals surface area (Å²) < 4.78 is 0. The monoisotopic (exact) mass is 395 g/mol. The minimum atomic E-state index is -0.323. The van der Waals surface area contributed by atoms with Crippen molar-refractivity contribution in [3.63, 3.8) is 0 Å². The number of carbonyl (C=O) groups is 1. The van der Waals surface area contributed by atoms with Crippen molar-refractivity contribution < 1.29 is 4.79 Å². The smallest absolute Gasteiger partial charge is 0.274 e. The first kappa shape index (κ1) is 19.6. The number of benzene rings is 2. The Kier molecular flexibility index (Phi) is 5.80. The lowest BCUT2D eigenvalue weighted by atomic mass is 10.2. The van der Waals surface area contributed by atoms with Gasteiger partial charge >= 0.3 is 0 Å². The van der Waals surface area contributed by atoms with Crippen LogP contribution in [0.2, 0.25) is 5.02 Å². The number of nitrogens with one attached hydrogen (secondary N) is 2. The summed E-state index contributed by atoms with van der Waals surface area (Å²) in [5.41, 5.74) is 3.81. The Morgan fingerprint density at radius 3 is 2.29 bits per heavy atom. The standard InChI is InChI=1S/C21H22ClN5O/c1-13-5-6-16(11-18(13)22)26-21(28)19-12-20(24-14(2)23-19)25-15-7-9-17(10-8-15)27(3)4/h5-12H,1-4H3,(H,26,28)(H,23,24,25). The third-order valence-electron chi connectivity index (χ3n) is 4.16. The molecule has 2 aromatic carbocycles. The largest absolute Gasteiger partial charge is 0.378 e. The maximum Gasteiger partial charge on any atom is 0.274 e. The minimum absolute atomic E-state index is 0.275. The Hall–Kier alpha value is -3.12. The van der Waals surface area contributed by atoms with Gasteiger partial charge in [-0.15, -0.1) is 0 Å². The molecule has 0 aliphatic carbocycles. The van der Waals surface area contributed by atoms with E-state index in [-0.39, 0.29) is 11.6 Å². The van der Waals surface area contributed by atoms with Crippen molar-refractivity contribution >= 4 is 40.4 Å². The van der Waals surface area contributed by atoms with Crippen LogP contribution in [0.25, 0.3) is 0 Å². The summed E-state index contributed by atoms with van der Waals surface area (Å²) in [5, 5.41) is 6.63. The normalized spacial score (nSPS) is 10.5. The molecule has 0 unspecified atom stereocenters. The first-order chi connectivity index (χ1) is 13.3. The van der Waals surface area contributed by atoms with Crippen LogP contribution in [-0.4, -0.2) is 30.0 Å². The van der Waals surface area contributed by atoms with Gasteiger partial charge in [0.1, 0.15) is 17.3 Å². The Bertz CT molecular complexity index is 1000. The van der Waals surface area contributed by atoms with E-state index >= 15 is 0 Å². The van der Waals surface area contributed by atoms with Gasteiger partial charge in [-0.1, -0.05) is 17.7 Å². The Balaban J connectivity index is 1.78. The fraction of sp³-hybridized carbons (Fsp3) is 0.190. The van der Waals surface area contributed by atoms with Crippen molar-refractivity contribution in [1.29, 1.82) is 0 Å². The van der Waals surface area contributed by atoms with Crippen LogP contribution >= 0.6 is 11.6 Å². The van der Waals surface area contributed by atoms with Crippen LogP contribution in [-0.2, 0) is 0 Å². The molecule has 7 heteroatoms. The first-order valence-electron chi connectivity index (χ1n) is 8.79. The van der Waals surface area contributed by atoms with Crippen LogP contribution in [0.4, 0.5) is 22.9 Å². The molecule has 1 aromatic heterocycles. The second-order valence-electron chi connectivity index (χ2n) is 6.67. The number of aryl methyl sites for hydroxylation is 2. The van der Waals surface area contributed by atoms with Gasteiger partial charge in [0.15, 0.2) is 0 Å². The van der Waals surface area contributed by atoms with Crippen LogP contribution in [0, 0.1) is 13.8 Å². The summed E-state index contributed by atoms with van der Waals surface area (Å²) in [6.07, 6.45) is 0. The van der Waals surface area contributed by atoms with Crippen LogP contribution in [0.3, 0.4) is 0 Å². The molecule has 0 atom stereocenters. The Labute approximate surface area is 169 Å². The number of hydrogen-bond acceptors (Lipinski definition) is 5. The molecule has 0 aliphatic rings. The van der Waals surface area contributed by atoms with Crippen molar-refractivity contribution in [1.82, 2.24) is 9.97 Å². The molecule has 0 radical (unpaired) electrons. The van der Waals surface area contributed by atoms with Crippen molar-refractivity contribution in [3.8, 4) is 0 Å². The van der Waals surface area contributed by atoms with E-state index in [1.165, 1.54) is 0 Å². The van der Waals surface area contributed by atoms with E-state index in [1.807, 2.05) is 56.3 Å². The topological polar surface area (TPSA) is 70.2 Å². The van der Waals surface area contributed by atoms with Gasteiger partial charge in [0.05, 0.1) is 0 Å². The zero-order valence-electron chi connectivity index (χ0n) is 16.2. The lowest BCUT2D eigenvalue weighted by Crippen LogP contribution is -2.15. The number of nitrogens with zero attached hydrogens (tertiary/aromatic N) is 3. The molecule has 2 N–H and O–H groups in total. The third kappa shape index (κ3) is 4.78. The summed E-state index contributed by atoms with van der Waals surface area (Å²) in [6.45, 7) is 3.66. The molecule has 0 fully saturated rings. The van der Waals surface area contributed by atoms with E-state index < -0.39 is 0 Å². The highest BCUT2D eigenvalue weighted by molar-refractivity contribution is 6.31. The highest BCUT2D eigenvalue weighted by Crippen LogP contribution is 2.22. The predicted octanol–water partition coefficient (Wildman–Crippen LogP) is 4.81. The van der Waals surface area contributed by atoms with Crippen LogP contribution < -0.4 is 15.5 Å². The maximum atomic E-state index is 12.6. The number of aromatic nitrogens is 2. The Morgan fingerprint density at radius 2 is 1.64 bits per heavy atom. The van der Waals surface area contributed by atoms with E-state index in [0.717, 1.165) is 16.9 Å². The average molecular weight is 396 g/mol.